The number of hydrogen-bond donors (Lipinski definition) is 2. The van der Waals surface area contributed by atoms with Gasteiger partial charge in [-0.3, -0.25) is 9.36 Å². The Bertz CT molecular complexity index is 1160. The molecule has 1 heterocycles. The third-order valence-corrected chi connectivity index (χ3v) is 5.00. The number of hydrogen-bond acceptors (Lipinski definition) is 4. The molecule has 0 aliphatic rings. The number of carbonyl (C=O) groups is 1. The number of likely N-dealkylation sites (N-methyl/N-ethyl adjacent to an activating group) is 1. The summed E-state index contributed by atoms with van der Waals surface area (Å²) in [4.78, 5) is 18.3. The molecule has 0 bridgehead atoms. The highest BCUT2D eigenvalue weighted by atomic mass is 16.2. The van der Waals surface area contributed by atoms with Gasteiger partial charge in [0.05, 0.1) is 17.6 Å². The molecule has 0 aliphatic heterocycles. The Balaban J connectivity index is 1.33. The minimum absolute atomic E-state index is 0.0131. The molecule has 0 saturated heterocycles. The Morgan fingerprint density at radius 3 is 2.52 bits per heavy atom. The summed E-state index contributed by atoms with van der Waals surface area (Å²) < 4.78 is 2.10. The van der Waals surface area contributed by atoms with Crippen LogP contribution in [0.2, 0.25) is 0 Å². The number of nitrogens with zero attached hydrogens (tertiary/aromatic N) is 3. The van der Waals surface area contributed by atoms with Gasteiger partial charge in [-0.1, -0.05) is 36.4 Å². The SMILES string of the molecule is CN(C)CC(=O)Nc1cccc(CNCc2ccc(-n3cnc4ccccc43)cc2)c1. The molecular weight excluding hydrogens is 386 g/mol. The first-order valence-electron chi connectivity index (χ1n) is 10.3. The predicted octanol–water partition coefficient (Wildman–Crippen LogP) is 3.82. The van der Waals surface area contributed by atoms with Crippen molar-refractivity contribution in [2.24, 2.45) is 0 Å². The highest BCUT2D eigenvalue weighted by Crippen LogP contribution is 2.18. The summed E-state index contributed by atoms with van der Waals surface area (Å²) in [7, 11) is 3.76. The monoisotopic (exact) mass is 413 g/mol. The zero-order valence-corrected chi connectivity index (χ0v) is 17.9. The van der Waals surface area contributed by atoms with Gasteiger partial charge in [-0.2, -0.15) is 0 Å². The molecule has 0 unspecified atom stereocenters. The van der Waals surface area contributed by atoms with Gasteiger partial charge in [0.15, 0.2) is 0 Å². The van der Waals surface area contributed by atoms with Crippen LogP contribution in [0.4, 0.5) is 5.69 Å². The van der Waals surface area contributed by atoms with Crippen molar-refractivity contribution in [3.05, 3.63) is 90.3 Å². The largest absolute Gasteiger partial charge is 0.325 e. The molecule has 0 saturated carbocycles. The van der Waals surface area contributed by atoms with Gasteiger partial charge >= 0.3 is 0 Å². The number of carbonyl (C=O) groups excluding carboxylic acids is 1. The van der Waals surface area contributed by atoms with E-state index in [0.29, 0.717) is 6.54 Å². The molecule has 31 heavy (non-hydrogen) atoms. The summed E-state index contributed by atoms with van der Waals surface area (Å²) in [5.74, 6) is -0.0131. The summed E-state index contributed by atoms with van der Waals surface area (Å²) in [6, 6.07) is 24.6. The Hall–Kier alpha value is -3.48. The van der Waals surface area contributed by atoms with Crippen molar-refractivity contribution in [3.63, 3.8) is 0 Å². The van der Waals surface area contributed by atoms with Crippen LogP contribution < -0.4 is 10.6 Å². The van der Waals surface area contributed by atoms with E-state index in [1.807, 2.05) is 61.7 Å². The zero-order chi connectivity index (χ0) is 21.6. The van der Waals surface area contributed by atoms with Crippen LogP contribution in [0.25, 0.3) is 16.7 Å². The fraction of sp³-hybridized carbons (Fsp3) is 0.200. The second kappa shape index (κ2) is 9.55. The second-order valence-corrected chi connectivity index (χ2v) is 7.86. The van der Waals surface area contributed by atoms with Crippen LogP contribution in [0.1, 0.15) is 11.1 Å². The van der Waals surface area contributed by atoms with E-state index >= 15 is 0 Å². The summed E-state index contributed by atoms with van der Waals surface area (Å²) >= 11 is 0. The van der Waals surface area contributed by atoms with Crippen molar-refractivity contribution in [1.29, 1.82) is 0 Å². The zero-order valence-electron chi connectivity index (χ0n) is 17.9. The summed E-state index contributed by atoms with van der Waals surface area (Å²) in [6.07, 6.45) is 1.86. The van der Waals surface area contributed by atoms with Crippen LogP contribution in [-0.4, -0.2) is 41.0 Å². The summed E-state index contributed by atoms with van der Waals surface area (Å²) in [5.41, 5.74) is 6.36. The van der Waals surface area contributed by atoms with Crippen molar-refractivity contribution < 1.29 is 4.79 Å². The topological polar surface area (TPSA) is 62.2 Å². The Kier molecular flexibility index (Phi) is 6.40. The molecule has 0 radical (unpaired) electrons. The van der Waals surface area contributed by atoms with Gasteiger partial charge in [0.2, 0.25) is 5.91 Å². The molecule has 4 aromatic rings. The number of fused-ring (bicyclic) bond motifs is 1. The van der Waals surface area contributed by atoms with Crippen molar-refractivity contribution in [2.45, 2.75) is 13.1 Å². The maximum Gasteiger partial charge on any atom is 0.238 e. The van der Waals surface area contributed by atoms with Gasteiger partial charge in [0, 0.05) is 24.5 Å². The lowest BCUT2D eigenvalue weighted by Gasteiger charge is -2.11. The smallest absolute Gasteiger partial charge is 0.238 e. The highest BCUT2D eigenvalue weighted by molar-refractivity contribution is 5.92. The number of rotatable bonds is 8. The Morgan fingerprint density at radius 1 is 0.935 bits per heavy atom. The fourth-order valence-corrected chi connectivity index (χ4v) is 3.54. The van der Waals surface area contributed by atoms with Crippen LogP contribution in [0.15, 0.2) is 79.1 Å². The normalized spacial score (nSPS) is 11.2. The van der Waals surface area contributed by atoms with E-state index in [-0.39, 0.29) is 5.91 Å². The van der Waals surface area contributed by atoms with Crippen LogP contribution in [0.3, 0.4) is 0 Å². The quantitative estimate of drug-likeness (QED) is 0.461. The van der Waals surface area contributed by atoms with E-state index in [1.54, 1.807) is 0 Å². The molecule has 3 aromatic carbocycles. The first-order chi connectivity index (χ1) is 15.1. The Morgan fingerprint density at radius 2 is 1.71 bits per heavy atom. The second-order valence-electron chi connectivity index (χ2n) is 7.86. The van der Waals surface area contributed by atoms with Crippen molar-refractivity contribution in [3.8, 4) is 5.69 Å². The average Bonchev–Trinajstić information content (AvgIpc) is 3.18. The van der Waals surface area contributed by atoms with Crippen molar-refractivity contribution in [2.75, 3.05) is 26.0 Å². The van der Waals surface area contributed by atoms with Gasteiger partial charge in [-0.15, -0.1) is 0 Å². The van der Waals surface area contributed by atoms with E-state index in [4.69, 9.17) is 0 Å². The first-order valence-corrected chi connectivity index (χ1v) is 10.3. The molecule has 6 nitrogen and oxygen atoms in total. The van der Waals surface area contributed by atoms with Crippen molar-refractivity contribution >= 4 is 22.6 Å². The predicted molar refractivity (Wildman–Crippen MR) is 125 cm³/mol. The molecule has 0 fully saturated rings. The molecule has 0 atom stereocenters. The number of para-hydroxylation sites is 2. The van der Waals surface area contributed by atoms with Crippen LogP contribution in [-0.2, 0) is 17.9 Å². The van der Waals surface area contributed by atoms with Crippen LogP contribution >= 0.6 is 0 Å². The molecule has 158 valence electrons. The van der Waals surface area contributed by atoms with E-state index in [1.165, 1.54) is 5.56 Å². The van der Waals surface area contributed by atoms with Gasteiger partial charge < -0.3 is 15.5 Å². The minimum Gasteiger partial charge on any atom is -0.325 e. The number of amides is 1. The number of imidazole rings is 1. The van der Waals surface area contributed by atoms with Gasteiger partial charge in [0.1, 0.15) is 6.33 Å². The average molecular weight is 414 g/mol. The van der Waals surface area contributed by atoms with E-state index in [0.717, 1.165) is 41.1 Å². The third-order valence-electron chi connectivity index (χ3n) is 5.00. The maximum absolute atomic E-state index is 11.9. The molecule has 0 aliphatic carbocycles. The third kappa shape index (κ3) is 5.36. The number of benzene rings is 3. The highest BCUT2D eigenvalue weighted by Gasteiger charge is 2.05. The molecule has 0 spiro atoms. The van der Waals surface area contributed by atoms with Crippen LogP contribution in [0, 0.1) is 0 Å². The molecule has 4 rings (SSSR count). The number of anilines is 1. The van der Waals surface area contributed by atoms with Gasteiger partial charge in [-0.25, -0.2) is 4.98 Å². The lowest BCUT2D eigenvalue weighted by Crippen LogP contribution is -2.27. The first kappa shape index (κ1) is 20.8. The van der Waals surface area contributed by atoms with Crippen LogP contribution in [0.5, 0.6) is 0 Å². The molecule has 1 aromatic heterocycles. The van der Waals surface area contributed by atoms with E-state index in [9.17, 15) is 4.79 Å². The van der Waals surface area contributed by atoms with Gasteiger partial charge in [0.25, 0.3) is 0 Å². The Labute approximate surface area is 182 Å². The number of aromatic nitrogens is 2. The molecule has 2 N–H and O–H groups in total. The molecule has 1 amide bonds. The number of nitrogens with one attached hydrogen (secondary N) is 2. The lowest BCUT2D eigenvalue weighted by atomic mass is 10.1. The van der Waals surface area contributed by atoms with Crippen molar-refractivity contribution in [1.82, 2.24) is 19.8 Å². The van der Waals surface area contributed by atoms with Gasteiger partial charge in [-0.05, 0) is 61.6 Å². The molecular formula is C25H27N5O. The van der Waals surface area contributed by atoms with E-state index < -0.39 is 0 Å². The maximum atomic E-state index is 11.9. The molecule has 6 heteroatoms. The minimum atomic E-state index is -0.0131. The summed E-state index contributed by atoms with van der Waals surface area (Å²) in [6.45, 7) is 1.86. The lowest BCUT2D eigenvalue weighted by molar-refractivity contribution is -0.116. The standard InChI is InChI=1S/C25H27N5O/c1-29(2)17-25(31)28-21-7-5-6-20(14-21)16-26-15-19-10-12-22(13-11-19)30-18-27-23-8-3-4-9-24(23)30/h3-14,18,26H,15-17H2,1-2H3,(H,28,31). The van der Waals surface area contributed by atoms with E-state index in [2.05, 4.69) is 56.6 Å². The summed E-state index contributed by atoms with van der Waals surface area (Å²) in [5, 5.41) is 6.41. The fourth-order valence-electron chi connectivity index (χ4n) is 3.54.